The maximum Gasteiger partial charge on any atom is 0.405 e. The minimum Gasteiger partial charge on any atom is -0.397 e. The molecule has 0 heterocycles. The van der Waals surface area contributed by atoms with Crippen LogP contribution in [0.1, 0.15) is 0 Å². The van der Waals surface area contributed by atoms with Gasteiger partial charge < -0.3 is 11.1 Å². The van der Waals surface area contributed by atoms with E-state index in [2.05, 4.69) is 5.32 Å². The van der Waals surface area contributed by atoms with E-state index < -0.39 is 12.7 Å². The lowest BCUT2D eigenvalue weighted by molar-refractivity contribution is -0.115. The number of nitrogen functional groups attached to an aromatic ring is 1. The Labute approximate surface area is 73.5 Å². The van der Waals surface area contributed by atoms with Crippen molar-refractivity contribution in [2.24, 2.45) is 0 Å². The van der Waals surface area contributed by atoms with E-state index in [1.54, 1.807) is 18.2 Å². The van der Waals surface area contributed by atoms with Gasteiger partial charge >= 0.3 is 6.18 Å². The van der Waals surface area contributed by atoms with Gasteiger partial charge in [-0.15, -0.1) is 0 Å². The lowest BCUT2D eigenvalue weighted by Crippen LogP contribution is -2.21. The zero-order valence-electron chi connectivity index (χ0n) is 6.73. The molecule has 0 aliphatic carbocycles. The van der Waals surface area contributed by atoms with Crippen LogP contribution in [-0.4, -0.2) is 12.7 Å². The molecule has 3 N–H and O–H groups in total. The number of hydrogen-bond acceptors (Lipinski definition) is 2. The molecule has 1 rings (SSSR count). The van der Waals surface area contributed by atoms with Gasteiger partial charge in [0.2, 0.25) is 0 Å². The standard InChI is InChI=1S/C8H9F3N2/c9-8(10,11)5-13-7-4-2-1-3-6(7)12/h1-4,13H,5,12H2. The van der Waals surface area contributed by atoms with Gasteiger partial charge in [-0.2, -0.15) is 13.2 Å². The maximum absolute atomic E-state index is 11.8. The predicted octanol–water partition coefficient (Wildman–Crippen LogP) is 2.24. The predicted molar refractivity (Wildman–Crippen MR) is 45.4 cm³/mol. The highest BCUT2D eigenvalue weighted by Gasteiger charge is 2.26. The first kappa shape index (κ1) is 9.70. The second-order valence-corrected chi connectivity index (χ2v) is 2.56. The zero-order chi connectivity index (χ0) is 9.90. The van der Waals surface area contributed by atoms with E-state index in [0.717, 1.165) is 0 Å². The number of halogens is 3. The highest BCUT2D eigenvalue weighted by Crippen LogP contribution is 2.20. The summed E-state index contributed by atoms with van der Waals surface area (Å²) in [5, 5.41) is 2.20. The first-order chi connectivity index (χ1) is 5.99. The van der Waals surface area contributed by atoms with E-state index in [4.69, 9.17) is 5.73 Å². The Balaban J connectivity index is 2.60. The second-order valence-electron chi connectivity index (χ2n) is 2.56. The quantitative estimate of drug-likeness (QED) is 0.702. The summed E-state index contributed by atoms with van der Waals surface area (Å²) in [5.74, 6) is 0. The molecule has 0 bridgehead atoms. The smallest absolute Gasteiger partial charge is 0.397 e. The number of nitrogens with two attached hydrogens (primary N) is 1. The molecule has 72 valence electrons. The molecular formula is C8H9F3N2. The highest BCUT2D eigenvalue weighted by molar-refractivity contribution is 5.65. The van der Waals surface area contributed by atoms with Gasteiger partial charge in [-0.1, -0.05) is 12.1 Å². The fraction of sp³-hybridized carbons (Fsp3) is 0.250. The Hall–Kier alpha value is -1.39. The van der Waals surface area contributed by atoms with Crippen molar-refractivity contribution in [3.63, 3.8) is 0 Å². The van der Waals surface area contributed by atoms with Gasteiger partial charge in [0.15, 0.2) is 0 Å². The third-order valence-electron chi connectivity index (χ3n) is 1.44. The minimum absolute atomic E-state index is 0.305. The Morgan fingerprint density at radius 2 is 1.85 bits per heavy atom. The first-order valence-electron chi connectivity index (χ1n) is 3.64. The molecule has 1 aromatic rings. The molecule has 0 aliphatic heterocycles. The van der Waals surface area contributed by atoms with Crippen LogP contribution in [0.15, 0.2) is 24.3 Å². The van der Waals surface area contributed by atoms with Gasteiger partial charge in [0.1, 0.15) is 6.54 Å². The molecule has 0 amide bonds. The molecule has 0 saturated carbocycles. The molecule has 0 aromatic heterocycles. The van der Waals surface area contributed by atoms with Crippen LogP contribution in [0.25, 0.3) is 0 Å². The van der Waals surface area contributed by atoms with E-state index in [1.165, 1.54) is 6.07 Å². The van der Waals surface area contributed by atoms with Crippen molar-refractivity contribution >= 4 is 11.4 Å². The summed E-state index contributed by atoms with van der Waals surface area (Å²) in [6.45, 7) is -1.07. The SMILES string of the molecule is Nc1ccccc1NCC(F)(F)F. The number of benzene rings is 1. The van der Waals surface area contributed by atoms with Crippen molar-refractivity contribution < 1.29 is 13.2 Å². The van der Waals surface area contributed by atoms with Gasteiger partial charge in [0.25, 0.3) is 0 Å². The van der Waals surface area contributed by atoms with Crippen molar-refractivity contribution in [3.05, 3.63) is 24.3 Å². The van der Waals surface area contributed by atoms with Crippen LogP contribution >= 0.6 is 0 Å². The number of alkyl halides is 3. The molecule has 0 fully saturated rings. The van der Waals surface area contributed by atoms with Gasteiger partial charge in [-0.05, 0) is 12.1 Å². The van der Waals surface area contributed by atoms with Gasteiger partial charge in [0, 0.05) is 0 Å². The Morgan fingerprint density at radius 3 is 2.38 bits per heavy atom. The van der Waals surface area contributed by atoms with Crippen LogP contribution < -0.4 is 11.1 Å². The molecule has 13 heavy (non-hydrogen) atoms. The molecule has 1 aromatic carbocycles. The molecule has 5 heteroatoms. The van der Waals surface area contributed by atoms with Gasteiger partial charge in [-0.25, -0.2) is 0 Å². The third kappa shape index (κ3) is 3.23. The van der Waals surface area contributed by atoms with Crippen molar-refractivity contribution in [1.82, 2.24) is 0 Å². The van der Waals surface area contributed by atoms with Crippen LogP contribution in [0.2, 0.25) is 0 Å². The molecule has 0 aliphatic rings. The lowest BCUT2D eigenvalue weighted by atomic mass is 10.3. The summed E-state index contributed by atoms with van der Waals surface area (Å²) < 4.78 is 35.3. The average Bonchev–Trinajstić information content (AvgIpc) is 2.01. The Bertz CT molecular complexity index is 283. The van der Waals surface area contributed by atoms with Crippen LogP contribution in [0.4, 0.5) is 24.5 Å². The van der Waals surface area contributed by atoms with Crippen molar-refractivity contribution in [2.45, 2.75) is 6.18 Å². The van der Waals surface area contributed by atoms with Crippen LogP contribution in [0.5, 0.6) is 0 Å². The summed E-state index contributed by atoms with van der Waals surface area (Å²) in [4.78, 5) is 0. The highest BCUT2D eigenvalue weighted by atomic mass is 19.4. The van der Waals surface area contributed by atoms with Crippen molar-refractivity contribution in [1.29, 1.82) is 0 Å². The van der Waals surface area contributed by atoms with E-state index in [-0.39, 0.29) is 0 Å². The monoisotopic (exact) mass is 190 g/mol. The van der Waals surface area contributed by atoms with Crippen LogP contribution in [0, 0.1) is 0 Å². The Kier molecular flexibility index (Phi) is 2.65. The van der Waals surface area contributed by atoms with Crippen molar-refractivity contribution in [2.75, 3.05) is 17.6 Å². The summed E-state index contributed by atoms with van der Waals surface area (Å²) in [6, 6.07) is 6.32. The molecular weight excluding hydrogens is 181 g/mol. The minimum atomic E-state index is -4.22. The number of hydrogen-bond donors (Lipinski definition) is 2. The fourth-order valence-electron chi connectivity index (χ4n) is 0.853. The summed E-state index contributed by atoms with van der Waals surface area (Å²) >= 11 is 0. The topological polar surface area (TPSA) is 38.0 Å². The van der Waals surface area contributed by atoms with E-state index in [0.29, 0.717) is 11.4 Å². The van der Waals surface area contributed by atoms with Gasteiger partial charge in [-0.3, -0.25) is 0 Å². The summed E-state index contributed by atoms with van der Waals surface area (Å²) in [7, 11) is 0. The third-order valence-corrected chi connectivity index (χ3v) is 1.44. The molecule has 0 unspecified atom stereocenters. The Morgan fingerprint density at radius 1 is 1.23 bits per heavy atom. The summed E-state index contributed by atoms with van der Waals surface area (Å²) in [6.07, 6.45) is -4.22. The zero-order valence-corrected chi connectivity index (χ0v) is 6.73. The largest absolute Gasteiger partial charge is 0.405 e. The molecule has 2 nitrogen and oxygen atoms in total. The van der Waals surface area contributed by atoms with Crippen molar-refractivity contribution in [3.8, 4) is 0 Å². The maximum atomic E-state index is 11.8. The lowest BCUT2D eigenvalue weighted by Gasteiger charge is -2.10. The van der Waals surface area contributed by atoms with E-state index in [9.17, 15) is 13.2 Å². The van der Waals surface area contributed by atoms with Gasteiger partial charge in [0.05, 0.1) is 11.4 Å². The number of para-hydroxylation sites is 2. The summed E-state index contributed by atoms with van der Waals surface area (Å²) in [5.41, 5.74) is 6.04. The molecule has 0 spiro atoms. The van der Waals surface area contributed by atoms with Crippen LogP contribution in [0.3, 0.4) is 0 Å². The first-order valence-corrected chi connectivity index (χ1v) is 3.64. The second kappa shape index (κ2) is 3.55. The average molecular weight is 190 g/mol. The normalized spacial score (nSPS) is 11.3. The number of anilines is 2. The molecule has 0 radical (unpaired) electrons. The number of rotatable bonds is 2. The molecule has 0 saturated heterocycles. The van der Waals surface area contributed by atoms with E-state index in [1.807, 2.05) is 0 Å². The van der Waals surface area contributed by atoms with E-state index >= 15 is 0 Å². The van der Waals surface area contributed by atoms with Crippen LogP contribution in [-0.2, 0) is 0 Å². The fourth-order valence-corrected chi connectivity index (χ4v) is 0.853. The number of nitrogens with one attached hydrogen (secondary N) is 1. The molecule has 0 atom stereocenters.